The smallest absolute Gasteiger partial charge is 0.272 e. The zero-order valence-corrected chi connectivity index (χ0v) is 10.6. The van der Waals surface area contributed by atoms with Gasteiger partial charge in [0, 0.05) is 13.7 Å². The average molecular weight is 285 g/mol. The van der Waals surface area contributed by atoms with Crippen LogP contribution in [0.25, 0.3) is 0 Å². The van der Waals surface area contributed by atoms with E-state index >= 15 is 0 Å². The third-order valence-electron chi connectivity index (χ3n) is 2.71. The van der Waals surface area contributed by atoms with Crippen LogP contribution in [0.1, 0.15) is 16.9 Å². The van der Waals surface area contributed by atoms with Crippen LogP contribution in [-0.2, 0) is 4.74 Å². The van der Waals surface area contributed by atoms with Crippen LogP contribution in [0.5, 0.6) is 0 Å². The van der Waals surface area contributed by atoms with Crippen LogP contribution in [0.15, 0.2) is 22.8 Å². The van der Waals surface area contributed by atoms with Gasteiger partial charge in [-0.2, -0.15) is 0 Å². The highest BCUT2D eigenvalue weighted by atomic mass is 79.9. The topological polar surface area (TPSA) is 42.4 Å². The number of hydrogen-bond acceptors (Lipinski definition) is 3. The summed E-state index contributed by atoms with van der Waals surface area (Å²) < 4.78 is 5.94. The number of nitrogens with zero attached hydrogens (tertiary/aromatic N) is 2. The first kappa shape index (κ1) is 11.5. The quantitative estimate of drug-likeness (QED) is 0.777. The Morgan fingerprint density at radius 1 is 1.62 bits per heavy atom. The van der Waals surface area contributed by atoms with E-state index in [1.807, 2.05) is 6.07 Å². The fourth-order valence-corrected chi connectivity index (χ4v) is 2.05. The minimum Gasteiger partial charge on any atom is -0.379 e. The second kappa shape index (κ2) is 4.93. The molecule has 0 bridgehead atoms. The second-order valence-corrected chi connectivity index (χ2v) is 4.59. The van der Waals surface area contributed by atoms with Gasteiger partial charge < -0.3 is 9.64 Å². The molecule has 2 rings (SSSR count). The van der Waals surface area contributed by atoms with E-state index in [1.54, 1.807) is 24.1 Å². The Balaban J connectivity index is 2.12. The lowest BCUT2D eigenvalue weighted by Crippen LogP contribution is -2.37. The van der Waals surface area contributed by atoms with Crippen molar-refractivity contribution in [2.45, 2.75) is 12.5 Å². The van der Waals surface area contributed by atoms with Gasteiger partial charge in [0.05, 0.1) is 12.6 Å². The molecule has 0 radical (unpaired) electrons. The Morgan fingerprint density at radius 2 is 2.44 bits per heavy atom. The molecular weight excluding hydrogens is 272 g/mol. The zero-order chi connectivity index (χ0) is 11.5. The van der Waals surface area contributed by atoms with E-state index in [0.717, 1.165) is 13.0 Å². The number of rotatable bonds is 2. The standard InChI is InChI=1S/C11H13BrN2O2/c1-14(8-5-6-16-7-8)11(15)9-3-2-4-10(12)13-9/h2-4,8H,5-7H2,1H3. The summed E-state index contributed by atoms with van der Waals surface area (Å²) in [6.07, 6.45) is 0.899. The summed E-state index contributed by atoms with van der Waals surface area (Å²) in [5.74, 6) is -0.0585. The Kier molecular flexibility index (Phi) is 3.56. The summed E-state index contributed by atoms with van der Waals surface area (Å²) in [5, 5.41) is 0. The third kappa shape index (κ3) is 2.41. The molecule has 5 heteroatoms. The summed E-state index contributed by atoms with van der Waals surface area (Å²) in [4.78, 5) is 17.9. The van der Waals surface area contributed by atoms with Crippen molar-refractivity contribution in [2.75, 3.05) is 20.3 Å². The van der Waals surface area contributed by atoms with Gasteiger partial charge in [-0.3, -0.25) is 4.79 Å². The second-order valence-electron chi connectivity index (χ2n) is 3.78. The summed E-state index contributed by atoms with van der Waals surface area (Å²) in [7, 11) is 1.80. The van der Waals surface area contributed by atoms with Crippen molar-refractivity contribution < 1.29 is 9.53 Å². The minimum atomic E-state index is -0.0585. The van der Waals surface area contributed by atoms with Gasteiger partial charge in [-0.1, -0.05) is 6.07 Å². The fraction of sp³-hybridized carbons (Fsp3) is 0.455. The molecule has 1 saturated heterocycles. The number of halogens is 1. The summed E-state index contributed by atoms with van der Waals surface area (Å²) in [5.41, 5.74) is 0.462. The lowest BCUT2D eigenvalue weighted by molar-refractivity contribution is 0.0705. The maximum absolute atomic E-state index is 12.1. The van der Waals surface area contributed by atoms with Gasteiger partial charge in [-0.05, 0) is 34.5 Å². The van der Waals surface area contributed by atoms with Gasteiger partial charge in [-0.25, -0.2) is 4.98 Å². The molecule has 1 aromatic heterocycles. The summed E-state index contributed by atoms with van der Waals surface area (Å²) in [6.45, 7) is 1.35. The third-order valence-corrected chi connectivity index (χ3v) is 3.15. The predicted octanol–water partition coefficient (Wildman–Crippen LogP) is 1.71. The van der Waals surface area contributed by atoms with Crippen LogP contribution in [0.2, 0.25) is 0 Å². The molecular formula is C11H13BrN2O2. The van der Waals surface area contributed by atoms with Crippen LogP contribution < -0.4 is 0 Å². The van der Waals surface area contributed by atoms with Crippen LogP contribution in [0.3, 0.4) is 0 Å². The molecule has 16 heavy (non-hydrogen) atoms. The molecule has 1 aliphatic rings. The van der Waals surface area contributed by atoms with E-state index in [0.29, 0.717) is 16.9 Å². The van der Waals surface area contributed by atoms with Crippen molar-refractivity contribution >= 4 is 21.8 Å². The highest BCUT2D eigenvalue weighted by Crippen LogP contribution is 2.14. The van der Waals surface area contributed by atoms with Crippen LogP contribution >= 0.6 is 15.9 Å². The Labute approximate surface area is 103 Å². The number of amides is 1. The molecule has 0 spiro atoms. The maximum Gasteiger partial charge on any atom is 0.272 e. The number of hydrogen-bond donors (Lipinski definition) is 0. The SMILES string of the molecule is CN(C(=O)c1cccc(Br)n1)C1CCOC1. The van der Waals surface area contributed by atoms with Crippen molar-refractivity contribution in [3.8, 4) is 0 Å². The lowest BCUT2D eigenvalue weighted by Gasteiger charge is -2.22. The van der Waals surface area contributed by atoms with E-state index in [9.17, 15) is 4.79 Å². The van der Waals surface area contributed by atoms with Gasteiger partial charge in [0.1, 0.15) is 10.3 Å². The minimum absolute atomic E-state index is 0.0585. The molecule has 0 saturated carbocycles. The Bertz CT molecular complexity index is 391. The van der Waals surface area contributed by atoms with E-state index < -0.39 is 0 Å². The van der Waals surface area contributed by atoms with Gasteiger partial charge in [0.15, 0.2) is 0 Å². The monoisotopic (exact) mass is 284 g/mol. The van der Waals surface area contributed by atoms with E-state index in [2.05, 4.69) is 20.9 Å². The first-order valence-corrected chi connectivity index (χ1v) is 5.95. The number of carbonyl (C=O) groups excluding carboxylic acids is 1. The summed E-state index contributed by atoms with van der Waals surface area (Å²) in [6, 6.07) is 5.51. The largest absolute Gasteiger partial charge is 0.379 e. The van der Waals surface area contributed by atoms with Crippen LogP contribution in [-0.4, -0.2) is 42.1 Å². The molecule has 1 atom stereocenters. The van der Waals surface area contributed by atoms with Crippen molar-refractivity contribution in [1.82, 2.24) is 9.88 Å². The summed E-state index contributed by atoms with van der Waals surface area (Å²) >= 11 is 3.26. The van der Waals surface area contributed by atoms with Crippen LogP contribution in [0, 0.1) is 0 Å². The molecule has 1 aromatic rings. The molecule has 4 nitrogen and oxygen atoms in total. The zero-order valence-electron chi connectivity index (χ0n) is 9.02. The highest BCUT2D eigenvalue weighted by molar-refractivity contribution is 9.10. The Morgan fingerprint density at radius 3 is 3.06 bits per heavy atom. The number of likely N-dealkylation sites (N-methyl/N-ethyl adjacent to an activating group) is 1. The molecule has 0 N–H and O–H groups in total. The molecule has 86 valence electrons. The molecule has 1 amide bonds. The first-order valence-electron chi connectivity index (χ1n) is 5.16. The predicted molar refractivity (Wildman–Crippen MR) is 63.3 cm³/mol. The molecule has 0 aromatic carbocycles. The molecule has 0 aliphatic carbocycles. The highest BCUT2D eigenvalue weighted by Gasteiger charge is 2.25. The van der Waals surface area contributed by atoms with E-state index in [1.165, 1.54) is 0 Å². The fourth-order valence-electron chi connectivity index (χ4n) is 1.70. The molecule has 1 fully saturated rings. The van der Waals surface area contributed by atoms with Gasteiger partial charge >= 0.3 is 0 Å². The van der Waals surface area contributed by atoms with Crippen molar-refractivity contribution in [3.05, 3.63) is 28.5 Å². The number of pyridine rings is 1. The Hall–Kier alpha value is -0.940. The van der Waals surface area contributed by atoms with Gasteiger partial charge in [-0.15, -0.1) is 0 Å². The van der Waals surface area contributed by atoms with E-state index in [4.69, 9.17) is 4.74 Å². The number of aromatic nitrogens is 1. The van der Waals surface area contributed by atoms with Crippen molar-refractivity contribution in [1.29, 1.82) is 0 Å². The number of ether oxygens (including phenoxy) is 1. The average Bonchev–Trinajstić information content (AvgIpc) is 2.80. The number of carbonyl (C=O) groups is 1. The van der Waals surface area contributed by atoms with Crippen molar-refractivity contribution in [2.24, 2.45) is 0 Å². The van der Waals surface area contributed by atoms with E-state index in [-0.39, 0.29) is 11.9 Å². The van der Waals surface area contributed by atoms with Crippen molar-refractivity contribution in [3.63, 3.8) is 0 Å². The maximum atomic E-state index is 12.1. The molecule has 2 heterocycles. The van der Waals surface area contributed by atoms with Gasteiger partial charge in [0.2, 0.25) is 0 Å². The molecule has 1 aliphatic heterocycles. The normalized spacial score (nSPS) is 19.8. The van der Waals surface area contributed by atoms with Gasteiger partial charge in [0.25, 0.3) is 5.91 Å². The lowest BCUT2D eigenvalue weighted by atomic mass is 10.2. The molecule has 1 unspecified atom stereocenters. The first-order chi connectivity index (χ1) is 7.68. The van der Waals surface area contributed by atoms with Crippen LogP contribution in [0.4, 0.5) is 0 Å².